The molecule has 0 spiro atoms. The molecule has 0 aromatic heterocycles. The number of nitrogens with two attached hydrogens (primary N) is 1. The molecule has 0 aromatic carbocycles. The molecule has 4 heteroatoms. The number of amides is 1. The number of allylic oxidation sites excluding steroid dienone is 1. The Morgan fingerprint density at radius 2 is 1.88 bits per heavy atom. The van der Waals surface area contributed by atoms with Gasteiger partial charge in [0.1, 0.15) is 0 Å². The van der Waals surface area contributed by atoms with Crippen LogP contribution in [0.1, 0.15) is 0 Å². The molecule has 0 radical (unpaired) electrons. The van der Waals surface area contributed by atoms with Gasteiger partial charge in [0, 0.05) is 0 Å². The summed E-state index contributed by atoms with van der Waals surface area (Å²) in [6.45, 7) is 6.50. The Morgan fingerprint density at radius 1 is 1.88 bits per heavy atom. The standard InChI is InChI=1S/C3H5.CH3NO2.Cu/c1-3-2;2-1(3)4;/h3H,1-2H2;2H2,(H,3,4);/q-1;;+1. The van der Waals surface area contributed by atoms with Gasteiger partial charge in [0.2, 0.25) is 0 Å². The van der Waals surface area contributed by atoms with Crippen molar-refractivity contribution in [2.75, 3.05) is 0 Å². The number of carboxylic acid groups (broad SMARTS) is 1. The predicted octanol–water partition coefficient (Wildman–Crippen LogP) is 0.627. The van der Waals surface area contributed by atoms with E-state index >= 15 is 0 Å². The summed E-state index contributed by atoms with van der Waals surface area (Å²) in [6.07, 6.45) is 0.167. The zero-order chi connectivity index (χ0) is 6.28. The summed E-state index contributed by atoms with van der Waals surface area (Å²) >= 11 is 0. The average Bonchev–Trinajstić information content (AvgIpc) is 1.33. The minimum atomic E-state index is -1.33. The minimum Gasteiger partial charge on any atom is -0.465 e. The van der Waals surface area contributed by atoms with Gasteiger partial charge in [-0.3, -0.25) is 0 Å². The second-order valence-electron chi connectivity index (χ2n) is 0.627. The van der Waals surface area contributed by atoms with Gasteiger partial charge in [0.25, 0.3) is 0 Å². The quantitative estimate of drug-likeness (QED) is 0.409. The van der Waals surface area contributed by atoms with Gasteiger partial charge in [-0.2, -0.15) is 0 Å². The van der Waals surface area contributed by atoms with Crippen LogP contribution in [0.3, 0.4) is 0 Å². The van der Waals surface area contributed by atoms with Crippen molar-refractivity contribution < 1.29 is 27.0 Å². The van der Waals surface area contributed by atoms with Gasteiger partial charge in [-0.25, -0.2) is 24.4 Å². The van der Waals surface area contributed by atoms with E-state index in [0.717, 1.165) is 0 Å². The Hall–Kier alpha value is -0.601. The van der Waals surface area contributed by atoms with Crippen LogP contribution >= 0.6 is 0 Å². The first-order chi connectivity index (χ1) is 3.15. The first-order valence-electron chi connectivity index (χ1n) is 1.53. The molecule has 1 amide bonds. The molecule has 0 aromatic rings. The smallest absolute Gasteiger partial charge is 0.465 e. The van der Waals surface area contributed by atoms with E-state index in [0.29, 0.717) is 0 Å². The molecule has 0 heterocycles. The fraction of sp³-hybridized carbons (Fsp3) is 0. The largest absolute Gasteiger partial charge is 1.00 e. The van der Waals surface area contributed by atoms with E-state index in [1.165, 1.54) is 6.08 Å². The van der Waals surface area contributed by atoms with Crippen molar-refractivity contribution in [3.8, 4) is 0 Å². The molecule has 0 atom stereocenters. The maximum atomic E-state index is 8.78. The fourth-order valence-corrected chi connectivity index (χ4v) is 0. The van der Waals surface area contributed by atoms with Crippen molar-refractivity contribution in [2.45, 2.75) is 0 Å². The Bertz CT molecular complexity index is 61.1. The van der Waals surface area contributed by atoms with Gasteiger partial charge in [-0.1, -0.05) is 0 Å². The van der Waals surface area contributed by atoms with Gasteiger partial charge in [0.15, 0.2) is 0 Å². The van der Waals surface area contributed by atoms with Crippen molar-refractivity contribution >= 4 is 6.09 Å². The van der Waals surface area contributed by atoms with Crippen LogP contribution in [0.15, 0.2) is 12.7 Å². The first-order valence-corrected chi connectivity index (χ1v) is 1.53. The van der Waals surface area contributed by atoms with E-state index in [2.05, 4.69) is 19.2 Å². The van der Waals surface area contributed by atoms with Crippen molar-refractivity contribution in [2.24, 2.45) is 5.73 Å². The summed E-state index contributed by atoms with van der Waals surface area (Å²) in [7, 11) is 0. The van der Waals surface area contributed by atoms with Gasteiger partial charge in [0.05, 0.1) is 0 Å². The van der Waals surface area contributed by atoms with E-state index in [4.69, 9.17) is 9.90 Å². The number of hydrogen-bond donors (Lipinski definition) is 2. The molecule has 3 N–H and O–H groups in total. The van der Waals surface area contributed by atoms with Crippen molar-refractivity contribution in [1.29, 1.82) is 0 Å². The normalized spacial score (nSPS) is 4.50. The van der Waals surface area contributed by atoms with E-state index in [9.17, 15) is 0 Å². The monoisotopic (exact) mass is 165 g/mol. The maximum absolute atomic E-state index is 8.78. The summed E-state index contributed by atoms with van der Waals surface area (Å²) in [5, 5.41) is 7.19. The number of hydrogen-bond acceptors (Lipinski definition) is 1. The summed E-state index contributed by atoms with van der Waals surface area (Å²) in [6, 6.07) is 0. The van der Waals surface area contributed by atoms with E-state index < -0.39 is 6.09 Å². The summed E-state index contributed by atoms with van der Waals surface area (Å²) in [4.78, 5) is 8.78. The molecule has 3 nitrogen and oxygen atoms in total. The van der Waals surface area contributed by atoms with Crippen LogP contribution in [0.2, 0.25) is 0 Å². The average molecular weight is 166 g/mol. The van der Waals surface area contributed by atoms with Crippen LogP contribution in [-0.4, -0.2) is 11.2 Å². The van der Waals surface area contributed by atoms with E-state index in [1.807, 2.05) is 0 Å². The summed E-state index contributed by atoms with van der Waals surface area (Å²) in [5.74, 6) is 0. The molecule has 0 aliphatic heterocycles. The van der Waals surface area contributed by atoms with Gasteiger partial charge in [-0.15, -0.1) is 0 Å². The third-order valence-electron chi connectivity index (χ3n) is 0. The molecule has 8 heavy (non-hydrogen) atoms. The molecular weight excluding hydrogens is 158 g/mol. The van der Waals surface area contributed by atoms with Crippen LogP contribution in [0.25, 0.3) is 0 Å². The van der Waals surface area contributed by atoms with E-state index in [1.54, 1.807) is 0 Å². The number of carbonyl (C=O) groups is 1. The Morgan fingerprint density at radius 3 is 1.88 bits per heavy atom. The molecule has 0 saturated carbocycles. The molecule has 0 bridgehead atoms. The second kappa shape index (κ2) is 16.1. The van der Waals surface area contributed by atoms with Crippen LogP contribution in [0, 0.1) is 6.92 Å². The van der Waals surface area contributed by atoms with Crippen LogP contribution in [0.5, 0.6) is 0 Å². The fourth-order valence-electron chi connectivity index (χ4n) is 0. The van der Waals surface area contributed by atoms with Crippen LogP contribution in [-0.2, 0) is 17.1 Å². The molecule has 0 aliphatic rings. The zero-order valence-corrected chi connectivity index (χ0v) is 5.17. The van der Waals surface area contributed by atoms with Crippen LogP contribution in [0.4, 0.5) is 4.79 Å². The van der Waals surface area contributed by atoms with Gasteiger partial charge >= 0.3 is 23.2 Å². The molecule has 0 aliphatic carbocycles. The molecule has 52 valence electrons. The summed E-state index contributed by atoms with van der Waals surface area (Å²) < 4.78 is 0. The van der Waals surface area contributed by atoms with Crippen molar-refractivity contribution in [3.05, 3.63) is 19.6 Å². The molecule has 0 fully saturated rings. The van der Waals surface area contributed by atoms with E-state index in [-0.39, 0.29) is 17.1 Å². The number of rotatable bonds is 0. The molecule has 0 unspecified atom stereocenters. The number of primary amides is 1. The Balaban J connectivity index is -0.0000000575. The van der Waals surface area contributed by atoms with Gasteiger partial charge in [-0.05, 0) is 0 Å². The maximum Gasteiger partial charge on any atom is 1.00 e. The molecular formula is C4H8CuNO2. The zero-order valence-electron chi connectivity index (χ0n) is 4.23. The third-order valence-corrected chi connectivity index (χ3v) is 0. The predicted molar refractivity (Wildman–Crippen MR) is 27.8 cm³/mol. The molecule has 0 saturated heterocycles. The van der Waals surface area contributed by atoms with Crippen LogP contribution < -0.4 is 5.73 Å². The minimum absolute atomic E-state index is 0. The van der Waals surface area contributed by atoms with Crippen molar-refractivity contribution in [3.63, 3.8) is 0 Å². The SMILES string of the molecule is C=C[CH2-].NC(=O)O.[Cu+]. The Labute approximate surface area is 59.0 Å². The first kappa shape index (κ1) is 15.7. The molecule has 0 rings (SSSR count). The van der Waals surface area contributed by atoms with Gasteiger partial charge < -0.3 is 10.8 Å². The Kier molecular flexibility index (Phi) is 31.6. The summed E-state index contributed by atoms with van der Waals surface area (Å²) in [5.41, 5.74) is 4.03. The van der Waals surface area contributed by atoms with Crippen molar-refractivity contribution in [1.82, 2.24) is 0 Å². The second-order valence-corrected chi connectivity index (χ2v) is 0.627. The topological polar surface area (TPSA) is 63.3 Å². The third kappa shape index (κ3) is 290.